The van der Waals surface area contributed by atoms with Crippen molar-refractivity contribution in [3.05, 3.63) is 125 Å². The molecular weight excluding hydrogens is 917 g/mol. The van der Waals surface area contributed by atoms with E-state index in [-0.39, 0.29) is 29.8 Å². The second-order valence-electron chi connectivity index (χ2n) is 19.2. The van der Waals surface area contributed by atoms with Gasteiger partial charge < -0.3 is 30.3 Å². The number of hydrogen-bond donors (Lipinski definition) is 4. The first kappa shape index (κ1) is 46.2. The fraction of sp³-hybridized carbons (Fsp3) is 0.352. The van der Waals surface area contributed by atoms with Crippen molar-refractivity contribution in [3.63, 3.8) is 0 Å². The van der Waals surface area contributed by atoms with E-state index in [4.69, 9.17) is 14.7 Å². The van der Waals surface area contributed by atoms with E-state index in [1.807, 2.05) is 80.7 Å². The van der Waals surface area contributed by atoms with Gasteiger partial charge in [-0.3, -0.25) is 29.3 Å². The van der Waals surface area contributed by atoms with E-state index < -0.39 is 11.9 Å². The minimum absolute atomic E-state index is 0.0129. The molecular formula is C54H56N10O6S. The van der Waals surface area contributed by atoms with Crippen LogP contribution in [0.5, 0.6) is 5.75 Å². The SMILES string of the molecule is Cc1c(OCCCN2CC3CCC(C2)N3CC(=O)Nc2ccc3c(C4CCC(=O)NC4=O)nn(C)c3c2)cccc1-c1ccc(N2CCc3cccc(CNc4nc5ccccc5s4)c3C2)nc1C(=O)O. The summed E-state index contributed by atoms with van der Waals surface area (Å²) in [4.78, 5) is 67.1. The van der Waals surface area contributed by atoms with E-state index in [1.54, 1.807) is 16.0 Å². The first-order valence-electron chi connectivity index (χ1n) is 24.5. The number of amides is 3. The molecule has 3 fully saturated rings. The Morgan fingerprint density at radius 1 is 0.915 bits per heavy atom. The fourth-order valence-corrected chi connectivity index (χ4v) is 12.0. The highest BCUT2D eigenvalue weighted by Gasteiger charge is 2.40. The van der Waals surface area contributed by atoms with E-state index in [2.05, 4.69) is 60.0 Å². The van der Waals surface area contributed by atoms with E-state index in [9.17, 15) is 24.3 Å². The number of carboxylic acids is 1. The normalized spacial score (nSPS) is 19.2. The quantitative estimate of drug-likeness (QED) is 0.0585. The third-order valence-corrected chi connectivity index (χ3v) is 15.7. The van der Waals surface area contributed by atoms with Crippen molar-refractivity contribution in [2.24, 2.45) is 7.05 Å². The number of carbonyl (C=O) groups excluding carboxylic acids is 3. The number of aromatic carboxylic acids is 1. The van der Waals surface area contributed by atoms with Crippen LogP contribution in [-0.2, 0) is 40.9 Å². The lowest BCUT2D eigenvalue weighted by molar-refractivity contribution is -0.134. The zero-order valence-corrected chi connectivity index (χ0v) is 40.6. The highest BCUT2D eigenvalue weighted by molar-refractivity contribution is 7.22. The van der Waals surface area contributed by atoms with Crippen LogP contribution in [-0.4, -0.2) is 110 Å². The van der Waals surface area contributed by atoms with Crippen LogP contribution in [0.2, 0.25) is 0 Å². The summed E-state index contributed by atoms with van der Waals surface area (Å²) in [5.41, 5.74) is 9.02. The van der Waals surface area contributed by atoms with E-state index >= 15 is 0 Å². The number of aromatic nitrogens is 4. The number of nitrogens with one attached hydrogen (secondary N) is 3. The van der Waals surface area contributed by atoms with Gasteiger partial charge in [0.2, 0.25) is 17.7 Å². The zero-order valence-electron chi connectivity index (χ0n) is 39.8. The van der Waals surface area contributed by atoms with Crippen molar-refractivity contribution in [3.8, 4) is 16.9 Å². The Morgan fingerprint density at radius 2 is 1.75 bits per heavy atom. The summed E-state index contributed by atoms with van der Waals surface area (Å²) in [5.74, 6) is -0.863. The van der Waals surface area contributed by atoms with Gasteiger partial charge in [-0.1, -0.05) is 53.8 Å². The van der Waals surface area contributed by atoms with Crippen LogP contribution in [0.3, 0.4) is 0 Å². The van der Waals surface area contributed by atoms with Gasteiger partial charge in [0.05, 0.1) is 40.5 Å². The lowest BCUT2D eigenvalue weighted by Crippen LogP contribution is -2.55. The second kappa shape index (κ2) is 19.5. The number of nitrogens with zero attached hydrogens (tertiary/aromatic N) is 7. The molecule has 7 aromatic rings. The van der Waals surface area contributed by atoms with Crippen LogP contribution in [0.15, 0.2) is 91.0 Å². The number of likely N-dealkylation sites (tertiary alicyclic amines) is 1. The minimum Gasteiger partial charge on any atom is -0.493 e. The average molecular weight is 973 g/mol. The third-order valence-electron chi connectivity index (χ3n) is 14.7. The van der Waals surface area contributed by atoms with Gasteiger partial charge in [-0.2, -0.15) is 5.10 Å². The maximum Gasteiger partial charge on any atom is 0.355 e. The number of aryl methyl sites for hydroxylation is 1. The molecule has 0 aliphatic carbocycles. The van der Waals surface area contributed by atoms with E-state index in [0.29, 0.717) is 67.5 Å². The van der Waals surface area contributed by atoms with Crippen molar-refractivity contribution >= 4 is 72.8 Å². The van der Waals surface area contributed by atoms with Gasteiger partial charge in [0.15, 0.2) is 10.8 Å². The molecule has 364 valence electrons. The number of piperazine rings is 1. The summed E-state index contributed by atoms with van der Waals surface area (Å²) in [5, 5.41) is 25.9. The first-order valence-corrected chi connectivity index (χ1v) is 25.3. The molecule has 4 aliphatic heterocycles. The van der Waals surface area contributed by atoms with Gasteiger partial charge in [-0.15, -0.1) is 0 Å². The van der Waals surface area contributed by atoms with Crippen molar-refractivity contribution in [1.82, 2.24) is 34.9 Å². The number of piperidine rings is 1. The summed E-state index contributed by atoms with van der Waals surface area (Å²) < 4.78 is 9.25. The molecule has 4 N–H and O–H groups in total. The first-order chi connectivity index (χ1) is 34.5. The van der Waals surface area contributed by atoms with E-state index in [0.717, 1.165) is 95.0 Å². The zero-order chi connectivity index (χ0) is 48.8. The topological polar surface area (TPSA) is 187 Å². The van der Waals surface area contributed by atoms with Gasteiger partial charge in [-0.25, -0.2) is 14.8 Å². The van der Waals surface area contributed by atoms with Crippen molar-refractivity contribution in [2.75, 3.05) is 54.9 Å². The number of ether oxygens (including phenoxy) is 1. The highest BCUT2D eigenvalue weighted by atomic mass is 32.1. The number of hydrogen-bond acceptors (Lipinski definition) is 13. The molecule has 0 saturated carbocycles. The summed E-state index contributed by atoms with van der Waals surface area (Å²) in [6, 6.07) is 30.4. The number of benzene rings is 4. The molecule has 4 aliphatic rings. The Hall–Kier alpha value is -7.21. The number of rotatable bonds is 15. The molecule has 3 amide bonds. The van der Waals surface area contributed by atoms with Crippen molar-refractivity contribution < 1.29 is 29.0 Å². The number of imide groups is 1. The number of para-hydroxylation sites is 1. The Bertz CT molecular complexity index is 3180. The second-order valence-corrected chi connectivity index (χ2v) is 20.2. The Morgan fingerprint density at radius 3 is 2.56 bits per heavy atom. The summed E-state index contributed by atoms with van der Waals surface area (Å²) in [6.07, 6.45) is 4.45. The minimum atomic E-state index is -1.08. The number of fused-ring (bicyclic) bond motifs is 5. The molecule has 0 spiro atoms. The summed E-state index contributed by atoms with van der Waals surface area (Å²) in [7, 11) is 1.82. The van der Waals surface area contributed by atoms with Gasteiger partial charge in [0.1, 0.15) is 11.6 Å². The monoisotopic (exact) mass is 972 g/mol. The number of pyridine rings is 1. The maximum atomic E-state index is 13.4. The molecule has 3 atom stereocenters. The summed E-state index contributed by atoms with van der Waals surface area (Å²) in [6.45, 7) is 7.43. The van der Waals surface area contributed by atoms with Gasteiger partial charge in [0.25, 0.3) is 0 Å². The predicted molar refractivity (Wildman–Crippen MR) is 274 cm³/mol. The number of carboxylic acid groups (broad SMARTS) is 1. The Kier molecular flexibility index (Phi) is 12.7. The average Bonchev–Trinajstić information content (AvgIpc) is 4.00. The molecule has 11 rings (SSSR count). The van der Waals surface area contributed by atoms with E-state index in [1.165, 1.54) is 16.7 Å². The number of anilines is 3. The van der Waals surface area contributed by atoms with Gasteiger partial charge in [-0.05, 0) is 115 Å². The standard InChI is InChI=1S/C54H56N10O6S/c1-32-38(39-18-20-47(58-51(39)53(68)69)63-24-22-33-8-5-9-34(42(33)30-63)27-55-54-57-43-11-3-4-13-46(43)71-54)10-6-12-45(32)70-25-7-23-62-28-36-15-16-37(29-62)64(36)31-49(66)56-35-14-17-40-44(26-35)61(2)60-50(40)41-19-21-48(65)59-52(41)67/h3-6,8-14,17-18,20,26,36-37,41H,7,15-16,19,21-25,27-31H2,1-2H3,(H,55,57)(H,56,66)(H,68,69)(H,59,65,67). The smallest absolute Gasteiger partial charge is 0.355 e. The molecule has 4 aromatic carbocycles. The molecule has 71 heavy (non-hydrogen) atoms. The van der Waals surface area contributed by atoms with Crippen LogP contribution in [0.25, 0.3) is 32.2 Å². The molecule has 3 unspecified atom stereocenters. The number of carbonyl (C=O) groups is 4. The fourth-order valence-electron chi connectivity index (χ4n) is 11.1. The number of thiazole rings is 1. The molecule has 2 bridgehead atoms. The van der Waals surface area contributed by atoms with Crippen LogP contribution < -0.4 is 25.6 Å². The molecule has 3 aromatic heterocycles. The lowest BCUT2D eigenvalue weighted by atomic mass is 9.93. The largest absolute Gasteiger partial charge is 0.493 e. The highest BCUT2D eigenvalue weighted by Crippen LogP contribution is 2.36. The third kappa shape index (κ3) is 9.44. The summed E-state index contributed by atoms with van der Waals surface area (Å²) >= 11 is 1.64. The Balaban J connectivity index is 0.678. The van der Waals surface area contributed by atoms with Crippen LogP contribution >= 0.6 is 11.3 Å². The van der Waals surface area contributed by atoms with Gasteiger partial charge >= 0.3 is 5.97 Å². The van der Waals surface area contributed by atoms with Crippen molar-refractivity contribution in [1.29, 1.82) is 0 Å². The van der Waals surface area contributed by atoms with Crippen LogP contribution in [0, 0.1) is 6.92 Å². The molecule has 3 saturated heterocycles. The predicted octanol–water partition coefficient (Wildman–Crippen LogP) is 7.50. The maximum absolute atomic E-state index is 13.4. The van der Waals surface area contributed by atoms with Crippen LogP contribution in [0.1, 0.15) is 76.5 Å². The van der Waals surface area contributed by atoms with Crippen LogP contribution in [0.4, 0.5) is 16.6 Å². The molecule has 7 heterocycles. The van der Waals surface area contributed by atoms with Crippen molar-refractivity contribution in [2.45, 2.75) is 76.5 Å². The molecule has 0 radical (unpaired) electrons. The molecule has 16 nitrogen and oxygen atoms in total. The lowest BCUT2D eigenvalue weighted by Gasteiger charge is -2.40. The Labute approximate surface area is 415 Å². The van der Waals surface area contributed by atoms with Gasteiger partial charge in [0, 0.05) is 81.5 Å². The molecule has 17 heteroatoms.